The number of hydrogen-bond donors (Lipinski definition) is 3. The first-order chi connectivity index (χ1) is 34.4. The number of nitrogens with zero attached hydrogens (tertiary/aromatic N) is 10. The molecule has 3 aliphatic heterocycles. The number of imide groups is 1. The van der Waals surface area contributed by atoms with Gasteiger partial charge < -0.3 is 25.2 Å². The lowest BCUT2D eigenvalue weighted by Gasteiger charge is -2.47. The molecule has 0 radical (unpaired) electrons. The van der Waals surface area contributed by atoms with Crippen molar-refractivity contribution in [1.82, 2.24) is 44.8 Å². The number of benzene rings is 2. The van der Waals surface area contributed by atoms with Crippen LogP contribution in [-0.4, -0.2) is 128 Å². The number of piperazine rings is 1. The van der Waals surface area contributed by atoms with Crippen molar-refractivity contribution in [2.75, 3.05) is 74.1 Å². The van der Waals surface area contributed by atoms with E-state index in [0.717, 1.165) is 77.4 Å². The number of carbonyl (C=O) groups is 4. The minimum absolute atomic E-state index is 0.0783. The van der Waals surface area contributed by atoms with E-state index in [9.17, 15) is 33.2 Å². The van der Waals surface area contributed by atoms with Gasteiger partial charge in [-0.1, -0.05) is 0 Å². The Balaban J connectivity index is 0.759. The molecule has 0 bridgehead atoms. The maximum absolute atomic E-state index is 15.0. The molecule has 7 heterocycles. The fourth-order valence-electron chi connectivity index (χ4n) is 10.7. The van der Waals surface area contributed by atoms with Crippen molar-refractivity contribution in [3.05, 3.63) is 95.9 Å². The van der Waals surface area contributed by atoms with Crippen LogP contribution in [0.5, 0.6) is 5.75 Å². The SMILES string of the molecule is CCOc1cc(-c2ccc(N3CCC(CN4CCN(C(=O)C5CCC(Nc6ccc7c(N8CCC(=O)NC8=O)nn(C)c7c6)CC5)CC4)(NC(=O)c4cc(F)ccc4F)CC3)nc2)c2c(C#N)cnn2c1. The molecule has 0 spiro atoms. The topological polar surface area (TPSA) is 198 Å². The van der Waals surface area contributed by atoms with Gasteiger partial charge in [-0.25, -0.2) is 23.1 Å². The molecule has 3 N–H and O–H groups in total. The van der Waals surface area contributed by atoms with Crippen LogP contribution in [0.1, 0.15) is 67.8 Å². The van der Waals surface area contributed by atoms with E-state index in [0.29, 0.717) is 87.9 Å². The highest BCUT2D eigenvalue weighted by atomic mass is 19.1. The normalized spacial score (nSPS) is 19.7. The predicted octanol–water partition coefficient (Wildman–Crippen LogP) is 5.86. The van der Waals surface area contributed by atoms with Crippen LogP contribution in [0.2, 0.25) is 0 Å². The smallest absolute Gasteiger partial charge is 0.329 e. The summed E-state index contributed by atoms with van der Waals surface area (Å²) in [5.74, 6) is -0.532. The standard InChI is InChI=1S/C51H55F2N13O5/c1-3-71-38-26-40(46-34(27-54)29-56-66(46)30-38)33-6-13-44(55-28-33)63-18-15-51(16-19-63,59-48(68)41-24-35(52)7-12-42(41)53)31-62-20-22-64(23-21-62)49(69)32-4-8-36(9-5-32)57-37-10-11-39-43(25-37)61(2)60-47(39)65-17-14-45(67)58-50(65)70/h6-7,10-13,24-26,28-30,32,36,57H,3-5,8-9,14-23,31H2,1-2H3,(H,59,68)(H,58,67,70). The predicted molar refractivity (Wildman–Crippen MR) is 261 cm³/mol. The van der Waals surface area contributed by atoms with E-state index in [1.165, 1.54) is 11.1 Å². The fraction of sp³-hybridized carbons (Fsp3) is 0.412. The molecule has 3 saturated heterocycles. The van der Waals surface area contributed by atoms with Crippen LogP contribution in [0.4, 0.5) is 30.9 Å². The molecular formula is C51H55F2N13O5. The van der Waals surface area contributed by atoms with Crippen LogP contribution in [0, 0.1) is 28.9 Å². The van der Waals surface area contributed by atoms with Gasteiger partial charge in [0.15, 0.2) is 5.82 Å². The lowest BCUT2D eigenvalue weighted by Crippen LogP contribution is -2.63. The Kier molecular flexibility index (Phi) is 13.0. The average molecular weight is 968 g/mol. The highest BCUT2D eigenvalue weighted by Crippen LogP contribution is 2.35. The summed E-state index contributed by atoms with van der Waals surface area (Å²) >= 11 is 0. The Morgan fingerprint density at radius 3 is 2.45 bits per heavy atom. The number of piperidine rings is 1. The van der Waals surface area contributed by atoms with Crippen LogP contribution in [-0.2, 0) is 16.6 Å². The number of halogens is 2. The van der Waals surface area contributed by atoms with Crippen molar-refractivity contribution >= 4 is 57.5 Å². The molecule has 368 valence electrons. The summed E-state index contributed by atoms with van der Waals surface area (Å²) in [4.78, 5) is 64.6. The molecular weight excluding hydrogens is 913 g/mol. The molecule has 4 fully saturated rings. The number of pyridine rings is 2. The lowest BCUT2D eigenvalue weighted by molar-refractivity contribution is -0.138. The maximum atomic E-state index is 15.0. The van der Waals surface area contributed by atoms with E-state index in [-0.39, 0.29) is 42.3 Å². The average Bonchev–Trinajstić information content (AvgIpc) is 3.95. The first-order valence-corrected chi connectivity index (χ1v) is 24.3. The minimum atomic E-state index is -0.800. The monoisotopic (exact) mass is 967 g/mol. The summed E-state index contributed by atoms with van der Waals surface area (Å²) in [6, 6.07) is 16.5. The van der Waals surface area contributed by atoms with E-state index in [2.05, 4.69) is 42.0 Å². The summed E-state index contributed by atoms with van der Waals surface area (Å²) in [5, 5.41) is 28.7. The van der Waals surface area contributed by atoms with Gasteiger partial charge in [0.05, 0.1) is 46.7 Å². The number of urea groups is 1. The molecule has 0 atom stereocenters. The molecule has 5 amide bonds. The van der Waals surface area contributed by atoms with Crippen LogP contribution >= 0.6 is 0 Å². The van der Waals surface area contributed by atoms with Gasteiger partial charge in [0, 0.05) is 106 Å². The number of nitrogens with one attached hydrogen (secondary N) is 3. The molecule has 10 rings (SSSR count). The zero-order valence-corrected chi connectivity index (χ0v) is 39.7. The van der Waals surface area contributed by atoms with E-state index < -0.39 is 29.1 Å². The van der Waals surface area contributed by atoms with Gasteiger partial charge in [-0.15, -0.1) is 0 Å². The number of carbonyl (C=O) groups excluding carboxylic acids is 4. The summed E-state index contributed by atoms with van der Waals surface area (Å²) < 4.78 is 38.4. The number of hydrogen-bond acceptors (Lipinski definition) is 12. The number of aryl methyl sites for hydroxylation is 1. The molecule has 4 aromatic heterocycles. The fourth-order valence-corrected chi connectivity index (χ4v) is 10.7. The Hall–Kier alpha value is -7.66. The second-order valence-electron chi connectivity index (χ2n) is 19.0. The molecule has 18 nitrogen and oxygen atoms in total. The van der Waals surface area contributed by atoms with Crippen molar-refractivity contribution in [3.63, 3.8) is 0 Å². The summed E-state index contributed by atoms with van der Waals surface area (Å²) in [5.41, 5.74) is 3.29. The molecule has 6 aromatic rings. The third-order valence-corrected chi connectivity index (χ3v) is 14.5. The van der Waals surface area contributed by atoms with Crippen molar-refractivity contribution in [2.45, 2.75) is 63.5 Å². The van der Waals surface area contributed by atoms with Crippen LogP contribution in [0.25, 0.3) is 27.5 Å². The summed E-state index contributed by atoms with van der Waals surface area (Å²) in [6.45, 7) is 6.44. The van der Waals surface area contributed by atoms with Crippen LogP contribution in [0.3, 0.4) is 0 Å². The van der Waals surface area contributed by atoms with Crippen LogP contribution < -0.4 is 30.5 Å². The maximum Gasteiger partial charge on any atom is 0.329 e. The Morgan fingerprint density at radius 2 is 1.73 bits per heavy atom. The summed E-state index contributed by atoms with van der Waals surface area (Å²) in [6.07, 6.45) is 9.44. The lowest BCUT2D eigenvalue weighted by atomic mass is 9.84. The van der Waals surface area contributed by atoms with Gasteiger partial charge in [0.25, 0.3) is 5.91 Å². The Morgan fingerprint density at radius 1 is 0.944 bits per heavy atom. The molecule has 71 heavy (non-hydrogen) atoms. The second-order valence-corrected chi connectivity index (χ2v) is 19.0. The number of fused-ring (bicyclic) bond motifs is 2. The first kappa shape index (κ1) is 47.0. The van der Waals surface area contributed by atoms with E-state index in [1.54, 1.807) is 21.6 Å². The third-order valence-electron chi connectivity index (χ3n) is 14.5. The summed E-state index contributed by atoms with van der Waals surface area (Å²) in [7, 11) is 1.83. The van der Waals surface area contributed by atoms with Crippen molar-refractivity contribution in [2.24, 2.45) is 13.0 Å². The van der Waals surface area contributed by atoms with Crippen molar-refractivity contribution in [3.8, 4) is 22.9 Å². The first-order valence-electron chi connectivity index (χ1n) is 24.3. The van der Waals surface area contributed by atoms with Gasteiger partial charge in [0.1, 0.15) is 29.3 Å². The van der Waals surface area contributed by atoms with Gasteiger partial charge in [-0.05, 0) is 100 Å². The van der Waals surface area contributed by atoms with Crippen molar-refractivity contribution < 1.29 is 32.7 Å². The number of aromatic nitrogens is 5. The molecule has 1 aliphatic carbocycles. The third kappa shape index (κ3) is 9.65. The largest absolute Gasteiger partial charge is 0.492 e. The molecule has 20 heteroatoms. The highest BCUT2D eigenvalue weighted by molar-refractivity contribution is 6.09. The van der Waals surface area contributed by atoms with E-state index >= 15 is 0 Å². The number of ether oxygens (including phenoxy) is 1. The van der Waals surface area contributed by atoms with Gasteiger partial charge in [0.2, 0.25) is 11.8 Å². The highest BCUT2D eigenvalue weighted by Gasteiger charge is 2.40. The van der Waals surface area contributed by atoms with Gasteiger partial charge in [-0.2, -0.15) is 15.5 Å². The number of anilines is 3. The van der Waals surface area contributed by atoms with Gasteiger partial charge in [-0.3, -0.25) is 34.2 Å². The number of rotatable bonds is 12. The number of amides is 5. The molecule has 1 saturated carbocycles. The van der Waals surface area contributed by atoms with Gasteiger partial charge >= 0.3 is 6.03 Å². The molecule has 4 aliphatic rings. The molecule has 2 aromatic carbocycles. The Labute approximate surface area is 408 Å². The Bertz CT molecular complexity index is 3050. The van der Waals surface area contributed by atoms with Crippen LogP contribution in [0.15, 0.2) is 73.2 Å². The minimum Gasteiger partial charge on any atom is -0.492 e. The zero-order valence-electron chi connectivity index (χ0n) is 39.7. The zero-order chi connectivity index (χ0) is 49.4. The van der Waals surface area contributed by atoms with E-state index in [1.807, 2.05) is 55.3 Å². The number of nitriles is 1. The molecule has 0 unspecified atom stereocenters. The second kappa shape index (κ2) is 19.6. The van der Waals surface area contributed by atoms with E-state index in [4.69, 9.17) is 9.72 Å². The quantitative estimate of drug-likeness (QED) is 0.132. The van der Waals surface area contributed by atoms with Crippen molar-refractivity contribution in [1.29, 1.82) is 5.26 Å².